The maximum atomic E-state index is 4.25. The van der Waals surface area contributed by atoms with Crippen molar-refractivity contribution in [3.8, 4) is 0 Å². The minimum absolute atomic E-state index is 0.881. The largest absolute Gasteiger partial charge is 0.303 e. The van der Waals surface area contributed by atoms with E-state index in [2.05, 4.69) is 33.9 Å². The number of pyridine rings is 1. The van der Waals surface area contributed by atoms with Gasteiger partial charge in [0.05, 0.1) is 0 Å². The number of aromatic nitrogens is 2. The second-order valence-electron chi connectivity index (χ2n) is 2.46. The Balaban J connectivity index is 2.90. The van der Waals surface area contributed by atoms with Crippen molar-refractivity contribution in [2.24, 2.45) is 0 Å². The van der Waals surface area contributed by atoms with Crippen LogP contribution in [0.1, 0.15) is 5.69 Å². The van der Waals surface area contributed by atoms with E-state index in [-0.39, 0.29) is 0 Å². The Morgan fingerprint density at radius 2 is 2.27 bits per heavy atom. The van der Waals surface area contributed by atoms with Crippen LogP contribution >= 0.6 is 15.9 Å². The van der Waals surface area contributed by atoms with Crippen LogP contribution in [-0.2, 0) is 0 Å². The molecule has 0 aliphatic rings. The molecule has 0 saturated carbocycles. The molecule has 0 N–H and O–H groups in total. The average Bonchev–Trinajstić information content (AvgIpc) is 2.31. The maximum absolute atomic E-state index is 4.25. The van der Waals surface area contributed by atoms with Crippen LogP contribution in [0.15, 0.2) is 29.0 Å². The molecule has 0 radical (unpaired) electrons. The van der Waals surface area contributed by atoms with E-state index in [0.29, 0.717) is 0 Å². The number of imidazole rings is 1. The van der Waals surface area contributed by atoms with Crippen molar-refractivity contribution in [1.29, 1.82) is 0 Å². The van der Waals surface area contributed by atoms with Crippen LogP contribution in [0.4, 0.5) is 0 Å². The molecule has 0 amide bonds. The molecule has 2 rings (SSSR count). The van der Waals surface area contributed by atoms with Gasteiger partial charge >= 0.3 is 0 Å². The number of rotatable bonds is 0. The molecule has 3 heteroatoms. The molecule has 11 heavy (non-hydrogen) atoms. The van der Waals surface area contributed by atoms with Crippen LogP contribution in [0.2, 0.25) is 0 Å². The van der Waals surface area contributed by atoms with Crippen molar-refractivity contribution in [1.82, 2.24) is 9.38 Å². The lowest BCUT2D eigenvalue weighted by Crippen LogP contribution is -1.86. The molecule has 0 aliphatic heterocycles. The summed E-state index contributed by atoms with van der Waals surface area (Å²) in [6.45, 7) is 2.06. The molecule has 0 aliphatic carbocycles. The van der Waals surface area contributed by atoms with Gasteiger partial charge in [0.15, 0.2) is 0 Å². The number of nitrogens with zero attached hydrogens (tertiary/aromatic N) is 2. The lowest BCUT2D eigenvalue weighted by molar-refractivity contribution is 1.09. The van der Waals surface area contributed by atoms with Gasteiger partial charge in [-0.2, -0.15) is 0 Å². The van der Waals surface area contributed by atoms with Gasteiger partial charge in [-0.1, -0.05) is 6.07 Å². The summed E-state index contributed by atoms with van der Waals surface area (Å²) >= 11 is 3.33. The maximum Gasteiger partial charge on any atom is 0.138 e. The fraction of sp³-hybridized carbons (Fsp3) is 0.125. The van der Waals surface area contributed by atoms with Gasteiger partial charge in [0.1, 0.15) is 10.3 Å². The van der Waals surface area contributed by atoms with Crippen LogP contribution in [0, 0.1) is 6.92 Å². The van der Waals surface area contributed by atoms with Crippen molar-refractivity contribution >= 4 is 21.6 Å². The lowest BCUT2D eigenvalue weighted by atomic mass is 10.4. The van der Waals surface area contributed by atoms with E-state index in [1.165, 1.54) is 5.69 Å². The van der Waals surface area contributed by atoms with Crippen molar-refractivity contribution in [3.63, 3.8) is 0 Å². The van der Waals surface area contributed by atoms with Crippen molar-refractivity contribution in [2.45, 2.75) is 6.92 Å². The summed E-state index contributed by atoms with van der Waals surface area (Å²) in [4.78, 5) is 4.25. The highest BCUT2D eigenvalue weighted by molar-refractivity contribution is 9.10. The molecule has 0 atom stereocenters. The fourth-order valence-corrected chi connectivity index (χ4v) is 1.51. The SMILES string of the molecule is Cc1cccc2nc(Br)cn12. The molecule has 56 valence electrons. The summed E-state index contributed by atoms with van der Waals surface area (Å²) in [6, 6.07) is 6.04. The fourth-order valence-electron chi connectivity index (χ4n) is 1.12. The summed E-state index contributed by atoms with van der Waals surface area (Å²) in [7, 11) is 0. The predicted molar refractivity (Wildman–Crippen MR) is 47.6 cm³/mol. The molecule has 2 heterocycles. The van der Waals surface area contributed by atoms with E-state index in [1.54, 1.807) is 0 Å². The molecular formula is C8H7BrN2. The standard InChI is InChI=1S/C8H7BrN2/c1-6-3-2-4-8-10-7(9)5-11(6)8/h2-5H,1H3. The van der Waals surface area contributed by atoms with Crippen molar-refractivity contribution in [3.05, 3.63) is 34.7 Å². The van der Waals surface area contributed by atoms with Gasteiger partial charge in [-0.25, -0.2) is 4.98 Å². The first-order valence-corrected chi connectivity index (χ1v) is 4.17. The molecule has 0 saturated heterocycles. The van der Waals surface area contributed by atoms with Crippen molar-refractivity contribution in [2.75, 3.05) is 0 Å². The molecule has 2 aromatic rings. The molecule has 2 aromatic heterocycles. The minimum atomic E-state index is 0.881. The Morgan fingerprint density at radius 3 is 3.00 bits per heavy atom. The number of aryl methyl sites for hydroxylation is 1. The highest BCUT2D eigenvalue weighted by atomic mass is 79.9. The molecule has 0 unspecified atom stereocenters. The van der Waals surface area contributed by atoms with E-state index in [0.717, 1.165) is 10.3 Å². The first kappa shape index (κ1) is 6.85. The second-order valence-corrected chi connectivity index (χ2v) is 3.27. The average molecular weight is 211 g/mol. The Labute approximate surface area is 73.0 Å². The van der Waals surface area contributed by atoms with Gasteiger partial charge < -0.3 is 4.40 Å². The number of halogens is 1. The first-order valence-electron chi connectivity index (χ1n) is 3.37. The Kier molecular flexibility index (Phi) is 1.46. The summed E-state index contributed by atoms with van der Waals surface area (Å²) in [5, 5.41) is 0. The van der Waals surface area contributed by atoms with E-state index < -0.39 is 0 Å². The molecule has 0 fully saturated rings. The van der Waals surface area contributed by atoms with Crippen LogP contribution < -0.4 is 0 Å². The predicted octanol–water partition coefficient (Wildman–Crippen LogP) is 2.41. The van der Waals surface area contributed by atoms with E-state index in [9.17, 15) is 0 Å². The normalized spacial score (nSPS) is 10.7. The summed E-state index contributed by atoms with van der Waals surface area (Å²) in [6.07, 6.45) is 1.96. The van der Waals surface area contributed by atoms with E-state index >= 15 is 0 Å². The third-order valence-corrected chi connectivity index (χ3v) is 2.05. The van der Waals surface area contributed by atoms with Crippen LogP contribution in [0.25, 0.3) is 5.65 Å². The topological polar surface area (TPSA) is 17.3 Å². The summed E-state index contributed by atoms with van der Waals surface area (Å²) in [5.74, 6) is 0. The zero-order chi connectivity index (χ0) is 7.84. The molecule has 0 bridgehead atoms. The van der Waals surface area contributed by atoms with Gasteiger partial charge in [0, 0.05) is 11.9 Å². The third kappa shape index (κ3) is 1.05. The third-order valence-electron chi connectivity index (χ3n) is 1.67. The smallest absolute Gasteiger partial charge is 0.138 e. The quantitative estimate of drug-likeness (QED) is 0.653. The van der Waals surface area contributed by atoms with Crippen molar-refractivity contribution < 1.29 is 0 Å². The summed E-state index contributed by atoms with van der Waals surface area (Å²) < 4.78 is 2.93. The van der Waals surface area contributed by atoms with E-state index in [4.69, 9.17) is 0 Å². The number of hydrogen-bond donors (Lipinski definition) is 0. The molecular weight excluding hydrogens is 204 g/mol. The van der Waals surface area contributed by atoms with Gasteiger partial charge in [-0.05, 0) is 35.0 Å². The summed E-state index contributed by atoms with van der Waals surface area (Å²) in [5.41, 5.74) is 2.18. The lowest BCUT2D eigenvalue weighted by Gasteiger charge is -1.95. The Hall–Kier alpha value is -0.830. The van der Waals surface area contributed by atoms with Gasteiger partial charge in [-0.3, -0.25) is 0 Å². The highest BCUT2D eigenvalue weighted by Crippen LogP contribution is 2.12. The zero-order valence-corrected chi connectivity index (χ0v) is 7.67. The number of hydrogen-bond acceptors (Lipinski definition) is 1. The monoisotopic (exact) mass is 210 g/mol. The van der Waals surface area contributed by atoms with Crippen LogP contribution in [-0.4, -0.2) is 9.38 Å². The molecule has 0 spiro atoms. The van der Waals surface area contributed by atoms with Crippen LogP contribution in [0.5, 0.6) is 0 Å². The molecule has 2 nitrogen and oxygen atoms in total. The van der Waals surface area contributed by atoms with Gasteiger partial charge in [0.2, 0.25) is 0 Å². The van der Waals surface area contributed by atoms with Crippen LogP contribution in [0.3, 0.4) is 0 Å². The second kappa shape index (κ2) is 2.34. The minimum Gasteiger partial charge on any atom is -0.303 e. The first-order chi connectivity index (χ1) is 5.27. The number of fused-ring (bicyclic) bond motifs is 1. The van der Waals surface area contributed by atoms with Gasteiger partial charge in [-0.15, -0.1) is 0 Å². The Bertz CT molecular complexity index is 392. The zero-order valence-electron chi connectivity index (χ0n) is 6.08. The Morgan fingerprint density at radius 1 is 1.45 bits per heavy atom. The highest BCUT2D eigenvalue weighted by Gasteiger charge is 1.97. The van der Waals surface area contributed by atoms with Gasteiger partial charge in [0.25, 0.3) is 0 Å². The molecule has 0 aromatic carbocycles. The van der Waals surface area contributed by atoms with E-state index in [1.807, 2.05) is 22.7 Å².